The van der Waals surface area contributed by atoms with Gasteiger partial charge in [-0.05, 0) is 18.1 Å². The van der Waals surface area contributed by atoms with E-state index in [2.05, 4.69) is 5.32 Å². The second-order valence-corrected chi connectivity index (χ2v) is 3.75. The number of benzene rings is 1. The molecule has 0 spiro atoms. The zero-order valence-electron chi connectivity index (χ0n) is 8.40. The van der Waals surface area contributed by atoms with Crippen LogP contribution in [-0.2, 0) is 4.79 Å². The highest BCUT2D eigenvalue weighted by atomic mass is 16.4. The Labute approximate surface area is 87.6 Å². The van der Waals surface area contributed by atoms with Gasteiger partial charge in [-0.25, -0.2) is 4.79 Å². The van der Waals surface area contributed by atoms with E-state index in [4.69, 9.17) is 5.11 Å². The van der Waals surface area contributed by atoms with Gasteiger partial charge < -0.3 is 15.5 Å². The number of phenolic OH excluding ortho intramolecular Hbond substituents is 1. The second-order valence-electron chi connectivity index (χ2n) is 3.75. The number of anilines is 1. The van der Waals surface area contributed by atoms with E-state index in [-0.39, 0.29) is 11.7 Å². The van der Waals surface area contributed by atoms with Crippen LogP contribution in [0.1, 0.15) is 24.8 Å². The Morgan fingerprint density at radius 1 is 1.53 bits per heavy atom. The van der Waals surface area contributed by atoms with Crippen LogP contribution in [0.3, 0.4) is 0 Å². The highest BCUT2D eigenvalue weighted by Gasteiger charge is 2.35. The van der Waals surface area contributed by atoms with Gasteiger partial charge in [0.05, 0.1) is 0 Å². The molecule has 1 aliphatic rings. The zero-order valence-corrected chi connectivity index (χ0v) is 8.40. The van der Waals surface area contributed by atoms with Gasteiger partial charge in [0.15, 0.2) is 0 Å². The Bertz CT molecular complexity index is 403. The van der Waals surface area contributed by atoms with Crippen molar-refractivity contribution in [2.24, 2.45) is 0 Å². The normalized spacial score (nSPS) is 23.3. The number of rotatable bonds is 2. The molecule has 0 aromatic heterocycles. The third kappa shape index (κ3) is 1.52. The van der Waals surface area contributed by atoms with Crippen LogP contribution in [0.15, 0.2) is 18.2 Å². The molecule has 4 heteroatoms. The molecule has 0 amide bonds. The van der Waals surface area contributed by atoms with Gasteiger partial charge in [-0.2, -0.15) is 0 Å². The topological polar surface area (TPSA) is 69.6 Å². The summed E-state index contributed by atoms with van der Waals surface area (Å²) in [6.45, 7) is 1.96. The monoisotopic (exact) mass is 207 g/mol. The Morgan fingerprint density at radius 2 is 2.27 bits per heavy atom. The minimum Gasteiger partial charge on any atom is -0.508 e. The summed E-state index contributed by atoms with van der Waals surface area (Å²) < 4.78 is 0. The van der Waals surface area contributed by atoms with Crippen LogP contribution in [0.25, 0.3) is 0 Å². The van der Waals surface area contributed by atoms with Crippen LogP contribution in [0.4, 0.5) is 5.69 Å². The standard InChI is InChI=1S/C11H13NO3/c1-2-7-8-4-3-6(13)5-9(8)12-10(7)11(14)15/h3-5,7,10,12-13H,2H2,1H3,(H,14,15). The van der Waals surface area contributed by atoms with Gasteiger partial charge in [0.1, 0.15) is 11.8 Å². The zero-order chi connectivity index (χ0) is 11.0. The van der Waals surface area contributed by atoms with Crippen LogP contribution >= 0.6 is 0 Å². The number of fused-ring (bicyclic) bond motifs is 1. The lowest BCUT2D eigenvalue weighted by molar-refractivity contribution is -0.138. The molecule has 15 heavy (non-hydrogen) atoms. The molecular weight excluding hydrogens is 194 g/mol. The third-order valence-corrected chi connectivity index (χ3v) is 2.86. The molecule has 0 aliphatic carbocycles. The number of carboxylic acid groups (broad SMARTS) is 1. The molecule has 3 N–H and O–H groups in total. The first-order valence-electron chi connectivity index (χ1n) is 4.95. The van der Waals surface area contributed by atoms with Crippen molar-refractivity contribution >= 4 is 11.7 Å². The Kier molecular flexibility index (Phi) is 2.26. The van der Waals surface area contributed by atoms with E-state index in [1.807, 2.05) is 6.92 Å². The molecule has 2 unspecified atom stereocenters. The Hall–Kier alpha value is -1.71. The van der Waals surface area contributed by atoms with E-state index >= 15 is 0 Å². The molecule has 0 saturated carbocycles. The lowest BCUT2D eigenvalue weighted by Crippen LogP contribution is -2.29. The summed E-state index contributed by atoms with van der Waals surface area (Å²) in [4.78, 5) is 11.0. The molecule has 1 aromatic carbocycles. The van der Waals surface area contributed by atoms with Crippen LogP contribution in [0.5, 0.6) is 5.75 Å². The maximum Gasteiger partial charge on any atom is 0.326 e. The summed E-state index contributed by atoms with van der Waals surface area (Å²) in [5.74, 6) is -0.710. The van der Waals surface area contributed by atoms with E-state index in [9.17, 15) is 9.90 Å². The molecule has 1 heterocycles. The summed E-state index contributed by atoms with van der Waals surface area (Å²) in [6, 6.07) is 4.37. The maximum absolute atomic E-state index is 11.0. The predicted molar refractivity (Wildman–Crippen MR) is 56.2 cm³/mol. The second kappa shape index (κ2) is 3.46. The molecule has 4 nitrogen and oxygen atoms in total. The lowest BCUT2D eigenvalue weighted by Gasteiger charge is -2.13. The Balaban J connectivity index is 2.41. The van der Waals surface area contributed by atoms with Crippen LogP contribution in [-0.4, -0.2) is 22.2 Å². The number of carboxylic acids is 1. The SMILES string of the molecule is CCC1c2ccc(O)cc2NC1C(=O)O. The molecule has 1 aromatic rings. The fourth-order valence-electron chi connectivity index (χ4n) is 2.13. The fourth-order valence-corrected chi connectivity index (χ4v) is 2.13. The van der Waals surface area contributed by atoms with Crippen molar-refractivity contribution in [2.75, 3.05) is 5.32 Å². The summed E-state index contributed by atoms with van der Waals surface area (Å²) in [5.41, 5.74) is 1.71. The van der Waals surface area contributed by atoms with Gasteiger partial charge in [-0.1, -0.05) is 13.0 Å². The van der Waals surface area contributed by atoms with E-state index in [0.29, 0.717) is 0 Å². The van der Waals surface area contributed by atoms with Crippen molar-refractivity contribution in [3.05, 3.63) is 23.8 Å². The lowest BCUT2D eigenvalue weighted by atomic mass is 9.93. The first-order chi connectivity index (χ1) is 7.13. The van der Waals surface area contributed by atoms with Gasteiger partial charge in [0, 0.05) is 17.7 Å². The largest absolute Gasteiger partial charge is 0.508 e. The molecular formula is C11H13NO3. The minimum atomic E-state index is -0.850. The molecule has 0 radical (unpaired) electrons. The van der Waals surface area contributed by atoms with Gasteiger partial charge in [-0.3, -0.25) is 0 Å². The quantitative estimate of drug-likeness (QED) is 0.691. The van der Waals surface area contributed by atoms with Crippen molar-refractivity contribution in [3.63, 3.8) is 0 Å². The fraction of sp³-hybridized carbons (Fsp3) is 0.364. The number of hydrogen-bond acceptors (Lipinski definition) is 3. The first kappa shape index (κ1) is 9.83. The van der Waals surface area contributed by atoms with Crippen molar-refractivity contribution in [1.29, 1.82) is 0 Å². The number of aliphatic carboxylic acids is 1. The summed E-state index contributed by atoms with van der Waals surface area (Å²) in [5, 5.41) is 21.2. The van der Waals surface area contributed by atoms with Crippen molar-refractivity contribution in [3.8, 4) is 5.75 Å². The van der Waals surface area contributed by atoms with E-state index in [0.717, 1.165) is 17.7 Å². The van der Waals surface area contributed by atoms with Crippen molar-refractivity contribution in [1.82, 2.24) is 0 Å². The molecule has 0 saturated heterocycles. The van der Waals surface area contributed by atoms with Gasteiger partial charge in [0.2, 0.25) is 0 Å². The van der Waals surface area contributed by atoms with Crippen molar-refractivity contribution < 1.29 is 15.0 Å². The number of aromatic hydroxyl groups is 1. The highest BCUT2D eigenvalue weighted by molar-refractivity contribution is 5.83. The molecule has 2 atom stereocenters. The van der Waals surface area contributed by atoms with Crippen LogP contribution < -0.4 is 5.32 Å². The molecule has 2 rings (SSSR count). The number of hydrogen-bond donors (Lipinski definition) is 3. The molecule has 1 aliphatic heterocycles. The van der Waals surface area contributed by atoms with E-state index < -0.39 is 12.0 Å². The minimum absolute atomic E-state index is 0.0156. The molecule has 80 valence electrons. The summed E-state index contributed by atoms with van der Waals surface area (Å²) >= 11 is 0. The maximum atomic E-state index is 11.0. The van der Waals surface area contributed by atoms with E-state index in [1.165, 1.54) is 0 Å². The molecule has 0 bridgehead atoms. The Morgan fingerprint density at radius 3 is 2.87 bits per heavy atom. The number of phenols is 1. The van der Waals surface area contributed by atoms with Gasteiger partial charge in [-0.15, -0.1) is 0 Å². The third-order valence-electron chi connectivity index (χ3n) is 2.86. The predicted octanol–water partition coefficient (Wildman–Crippen LogP) is 1.76. The smallest absolute Gasteiger partial charge is 0.326 e. The average Bonchev–Trinajstić information content (AvgIpc) is 2.55. The van der Waals surface area contributed by atoms with Crippen LogP contribution in [0, 0.1) is 0 Å². The van der Waals surface area contributed by atoms with Gasteiger partial charge >= 0.3 is 5.97 Å². The van der Waals surface area contributed by atoms with E-state index in [1.54, 1.807) is 18.2 Å². The number of nitrogens with one attached hydrogen (secondary N) is 1. The van der Waals surface area contributed by atoms with Crippen molar-refractivity contribution in [2.45, 2.75) is 25.3 Å². The number of carbonyl (C=O) groups is 1. The average molecular weight is 207 g/mol. The summed E-state index contributed by atoms with van der Waals surface area (Å²) in [7, 11) is 0. The highest BCUT2D eigenvalue weighted by Crippen LogP contribution is 2.39. The van der Waals surface area contributed by atoms with Gasteiger partial charge in [0.25, 0.3) is 0 Å². The molecule has 0 fully saturated rings. The summed E-state index contributed by atoms with van der Waals surface area (Å²) in [6.07, 6.45) is 0.766. The van der Waals surface area contributed by atoms with Crippen LogP contribution in [0.2, 0.25) is 0 Å². The first-order valence-corrected chi connectivity index (χ1v) is 4.95.